The second-order valence-corrected chi connectivity index (χ2v) is 9.13. The van der Waals surface area contributed by atoms with Gasteiger partial charge >= 0.3 is 0 Å². The number of hydrogen-bond donors (Lipinski definition) is 2. The van der Waals surface area contributed by atoms with Crippen LogP contribution in [-0.4, -0.2) is 32.6 Å². The molecule has 190 valence electrons. The van der Waals surface area contributed by atoms with Gasteiger partial charge in [0.15, 0.2) is 18.1 Å². The number of carbonyl (C=O) groups is 2. The van der Waals surface area contributed by atoms with Crippen LogP contribution in [0.5, 0.6) is 17.2 Å². The van der Waals surface area contributed by atoms with Crippen LogP contribution in [0.15, 0.2) is 60.2 Å². The van der Waals surface area contributed by atoms with Crippen molar-refractivity contribution in [2.75, 3.05) is 31.5 Å². The highest BCUT2D eigenvalue weighted by atomic mass is 127. The van der Waals surface area contributed by atoms with Gasteiger partial charge in [0.2, 0.25) is 0 Å². The normalized spacial score (nSPS) is 10.8. The molecule has 9 heteroatoms. The molecule has 3 rings (SSSR count). The van der Waals surface area contributed by atoms with E-state index in [2.05, 4.69) is 33.2 Å². The van der Waals surface area contributed by atoms with Crippen LogP contribution >= 0.6 is 22.6 Å². The summed E-state index contributed by atoms with van der Waals surface area (Å²) in [5.41, 5.74) is 3.80. The van der Waals surface area contributed by atoms with Crippen LogP contribution in [0, 0.1) is 28.7 Å². The van der Waals surface area contributed by atoms with Crippen LogP contribution in [0.2, 0.25) is 0 Å². The Balaban J connectivity index is 1.73. The molecule has 37 heavy (non-hydrogen) atoms. The molecule has 0 fully saturated rings. The molecule has 0 bridgehead atoms. The molecular formula is C28H26IN3O5. The summed E-state index contributed by atoms with van der Waals surface area (Å²) in [6, 6.07) is 17.8. The van der Waals surface area contributed by atoms with Gasteiger partial charge in [-0.1, -0.05) is 12.1 Å². The first-order valence-electron chi connectivity index (χ1n) is 11.2. The summed E-state index contributed by atoms with van der Waals surface area (Å²) >= 11 is 2.06. The lowest BCUT2D eigenvalue weighted by atomic mass is 10.1. The van der Waals surface area contributed by atoms with Gasteiger partial charge in [-0.05, 0) is 102 Å². The molecule has 8 nitrogen and oxygen atoms in total. The van der Waals surface area contributed by atoms with Crippen LogP contribution in [0.25, 0.3) is 6.08 Å². The molecule has 0 aliphatic carbocycles. The van der Waals surface area contributed by atoms with E-state index in [-0.39, 0.29) is 18.1 Å². The summed E-state index contributed by atoms with van der Waals surface area (Å²) in [4.78, 5) is 25.1. The van der Waals surface area contributed by atoms with Crippen molar-refractivity contribution in [3.8, 4) is 23.3 Å². The van der Waals surface area contributed by atoms with E-state index in [0.717, 1.165) is 16.8 Å². The number of methoxy groups -OCH3 is 2. The number of aryl methyl sites for hydroxylation is 1. The fraction of sp³-hybridized carbons (Fsp3) is 0.179. The molecule has 0 saturated heterocycles. The fourth-order valence-corrected chi connectivity index (χ4v) is 4.14. The number of nitriles is 1. The van der Waals surface area contributed by atoms with E-state index in [4.69, 9.17) is 14.2 Å². The Kier molecular flexibility index (Phi) is 9.51. The predicted molar refractivity (Wildman–Crippen MR) is 151 cm³/mol. The lowest BCUT2D eigenvalue weighted by Crippen LogP contribution is -2.21. The third kappa shape index (κ3) is 7.24. The van der Waals surface area contributed by atoms with E-state index >= 15 is 0 Å². The Morgan fingerprint density at radius 3 is 2.41 bits per heavy atom. The lowest BCUT2D eigenvalue weighted by Gasteiger charge is -2.15. The van der Waals surface area contributed by atoms with E-state index in [1.165, 1.54) is 13.2 Å². The van der Waals surface area contributed by atoms with E-state index in [1.54, 1.807) is 43.5 Å². The molecule has 0 aromatic heterocycles. The van der Waals surface area contributed by atoms with Crippen LogP contribution in [-0.2, 0) is 9.59 Å². The van der Waals surface area contributed by atoms with Crippen LogP contribution < -0.4 is 24.8 Å². The Labute approximate surface area is 229 Å². The summed E-state index contributed by atoms with van der Waals surface area (Å²) in [7, 11) is 3.03. The van der Waals surface area contributed by atoms with Gasteiger partial charge in [0.1, 0.15) is 17.4 Å². The monoisotopic (exact) mass is 611 g/mol. The Hall–Kier alpha value is -4.04. The molecule has 0 radical (unpaired) electrons. The largest absolute Gasteiger partial charge is 0.497 e. The average molecular weight is 611 g/mol. The van der Waals surface area contributed by atoms with Crippen molar-refractivity contribution in [1.29, 1.82) is 5.26 Å². The molecule has 2 N–H and O–H groups in total. The number of rotatable bonds is 9. The van der Waals surface area contributed by atoms with Crippen molar-refractivity contribution in [3.63, 3.8) is 0 Å². The van der Waals surface area contributed by atoms with Gasteiger partial charge in [0.25, 0.3) is 11.8 Å². The van der Waals surface area contributed by atoms with Gasteiger partial charge < -0.3 is 24.8 Å². The maximum atomic E-state index is 12.6. The minimum absolute atomic E-state index is 0.0877. The molecule has 0 heterocycles. The summed E-state index contributed by atoms with van der Waals surface area (Å²) in [6.45, 7) is 3.70. The average Bonchev–Trinajstić information content (AvgIpc) is 2.89. The number of nitrogens with one attached hydrogen (secondary N) is 2. The first-order chi connectivity index (χ1) is 17.7. The highest BCUT2D eigenvalue weighted by Gasteiger charge is 2.16. The predicted octanol–water partition coefficient (Wildman–Crippen LogP) is 5.49. The molecule has 0 saturated carbocycles. The second kappa shape index (κ2) is 12.8. The Morgan fingerprint density at radius 1 is 1.03 bits per heavy atom. The van der Waals surface area contributed by atoms with Crippen molar-refractivity contribution < 1.29 is 23.8 Å². The molecule has 3 aromatic carbocycles. The van der Waals surface area contributed by atoms with Gasteiger partial charge in [-0.25, -0.2) is 0 Å². The summed E-state index contributed by atoms with van der Waals surface area (Å²) in [6.07, 6.45) is 1.46. The standard InChI is InChI=1S/C28H26IN3O5/c1-17-6-5-7-24(18(17)2)32-26(33)16-37-27-23(29)13-19(14-25(27)36-4)12-20(15-30)28(34)31-21-8-10-22(35-3)11-9-21/h5-14H,16H2,1-4H3,(H,31,34)(H,32,33)/b20-12-. The molecule has 2 amide bonds. The molecular weight excluding hydrogens is 585 g/mol. The minimum Gasteiger partial charge on any atom is -0.497 e. The molecule has 3 aromatic rings. The van der Waals surface area contributed by atoms with E-state index < -0.39 is 5.91 Å². The smallest absolute Gasteiger partial charge is 0.266 e. The van der Waals surface area contributed by atoms with Crippen molar-refractivity contribution >= 4 is 51.9 Å². The zero-order valence-electron chi connectivity index (χ0n) is 20.8. The molecule has 0 unspecified atom stereocenters. The van der Waals surface area contributed by atoms with E-state index in [9.17, 15) is 14.9 Å². The number of benzene rings is 3. The van der Waals surface area contributed by atoms with E-state index in [1.807, 2.05) is 38.1 Å². The highest BCUT2D eigenvalue weighted by Crippen LogP contribution is 2.35. The first-order valence-corrected chi connectivity index (χ1v) is 12.3. The number of halogens is 1. The van der Waals surface area contributed by atoms with Gasteiger partial charge in [0.05, 0.1) is 17.8 Å². The fourth-order valence-electron chi connectivity index (χ4n) is 3.36. The molecule has 0 aliphatic rings. The van der Waals surface area contributed by atoms with Gasteiger partial charge in [-0.3, -0.25) is 9.59 Å². The third-order valence-electron chi connectivity index (χ3n) is 5.50. The SMILES string of the molecule is COc1ccc(NC(=O)/C(C#N)=C\c2cc(I)c(OCC(=O)Nc3cccc(C)c3C)c(OC)c2)cc1. The quantitative estimate of drug-likeness (QED) is 0.188. The zero-order chi connectivity index (χ0) is 26.9. The van der Waals surface area contributed by atoms with Crippen LogP contribution in [0.1, 0.15) is 16.7 Å². The number of amides is 2. The van der Waals surface area contributed by atoms with Crippen molar-refractivity contribution in [2.45, 2.75) is 13.8 Å². The van der Waals surface area contributed by atoms with Crippen LogP contribution in [0.4, 0.5) is 11.4 Å². The van der Waals surface area contributed by atoms with E-state index in [0.29, 0.717) is 32.1 Å². The number of hydrogen-bond acceptors (Lipinski definition) is 6. The Bertz CT molecular complexity index is 1380. The van der Waals surface area contributed by atoms with Crippen molar-refractivity contribution in [2.24, 2.45) is 0 Å². The zero-order valence-corrected chi connectivity index (χ0v) is 23.0. The third-order valence-corrected chi connectivity index (χ3v) is 6.30. The topological polar surface area (TPSA) is 110 Å². The number of anilines is 2. The molecule has 0 atom stereocenters. The van der Waals surface area contributed by atoms with Crippen molar-refractivity contribution in [3.05, 3.63) is 80.4 Å². The summed E-state index contributed by atoms with van der Waals surface area (Å²) in [5.74, 6) is 0.548. The minimum atomic E-state index is -0.551. The number of ether oxygens (including phenoxy) is 3. The molecule has 0 spiro atoms. The first kappa shape index (κ1) is 27.5. The van der Waals surface area contributed by atoms with Gasteiger partial charge in [-0.15, -0.1) is 0 Å². The molecule has 0 aliphatic heterocycles. The maximum Gasteiger partial charge on any atom is 0.266 e. The lowest BCUT2D eigenvalue weighted by molar-refractivity contribution is -0.118. The number of nitrogens with zero attached hydrogens (tertiary/aromatic N) is 1. The number of carbonyl (C=O) groups excluding carboxylic acids is 2. The van der Waals surface area contributed by atoms with Gasteiger partial charge in [0, 0.05) is 11.4 Å². The maximum absolute atomic E-state index is 12.6. The second-order valence-electron chi connectivity index (χ2n) is 7.97. The van der Waals surface area contributed by atoms with Crippen LogP contribution in [0.3, 0.4) is 0 Å². The highest BCUT2D eigenvalue weighted by molar-refractivity contribution is 14.1. The van der Waals surface area contributed by atoms with Gasteiger partial charge in [-0.2, -0.15) is 5.26 Å². The summed E-state index contributed by atoms with van der Waals surface area (Å²) < 4.78 is 17.0. The van der Waals surface area contributed by atoms with Crippen molar-refractivity contribution in [1.82, 2.24) is 0 Å². The summed E-state index contributed by atoms with van der Waals surface area (Å²) in [5, 5.41) is 15.1. The Morgan fingerprint density at radius 2 is 1.76 bits per heavy atom.